The highest BCUT2D eigenvalue weighted by molar-refractivity contribution is 5.43. The van der Waals surface area contributed by atoms with Crippen molar-refractivity contribution in [2.75, 3.05) is 0 Å². The van der Waals surface area contributed by atoms with E-state index in [0.717, 1.165) is 24.3 Å². The summed E-state index contributed by atoms with van der Waals surface area (Å²) in [5.41, 5.74) is 4.98. The first kappa shape index (κ1) is 24.3. The highest BCUT2D eigenvalue weighted by Gasteiger charge is 2.23. The fourth-order valence-electron chi connectivity index (χ4n) is 3.76. The van der Waals surface area contributed by atoms with Crippen LogP contribution in [0.5, 0.6) is 11.5 Å². The lowest BCUT2D eigenvalue weighted by atomic mass is 9.84. The summed E-state index contributed by atoms with van der Waals surface area (Å²) in [6.07, 6.45) is 2.13. The van der Waals surface area contributed by atoms with Crippen molar-refractivity contribution in [3.05, 3.63) is 58.7 Å². The zero-order chi connectivity index (χ0) is 22.7. The molecular weight excluding hydrogens is 368 g/mol. The predicted octanol–water partition coefficient (Wildman–Crippen LogP) is 8.05. The smallest absolute Gasteiger partial charge is 0.182 e. The molecule has 0 saturated carbocycles. The Labute approximate surface area is 184 Å². The average Bonchev–Trinajstić information content (AvgIpc) is 2.58. The molecule has 0 bridgehead atoms. The van der Waals surface area contributed by atoms with Gasteiger partial charge in [0.2, 0.25) is 0 Å². The van der Waals surface area contributed by atoms with Gasteiger partial charge in [-0.2, -0.15) is 0 Å². The molecule has 0 N–H and O–H groups in total. The largest absolute Gasteiger partial charge is 0.290 e. The molecule has 2 nitrogen and oxygen atoms in total. The monoisotopic (exact) mass is 410 g/mol. The van der Waals surface area contributed by atoms with E-state index in [9.17, 15) is 0 Å². The Bertz CT molecular complexity index is 761. The lowest BCUT2D eigenvalue weighted by Crippen LogP contribution is -2.18. The van der Waals surface area contributed by atoms with Crippen LogP contribution in [0.3, 0.4) is 0 Å². The van der Waals surface area contributed by atoms with Crippen LogP contribution in [0, 0.1) is 11.8 Å². The van der Waals surface area contributed by atoms with E-state index in [0.29, 0.717) is 11.8 Å². The molecule has 2 aromatic rings. The maximum absolute atomic E-state index is 5.97. The Morgan fingerprint density at radius 1 is 0.600 bits per heavy atom. The fourth-order valence-corrected chi connectivity index (χ4v) is 3.76. The highest BCUT2D eigenvalue weighted by atomic mass is 17.2. The molecule has 0 fully saturated rings. The molecule has 2 heteroatoms. The minimum atomic E-state index is -0.0281. The molecule has 0 spiro atoms. The third-order valence-corrected chi connectivity index (χ3v) is 5.21. The molecule has 0 heterocycles. The second-order valence-electron chi connectivity index (χ2n) is 11.5. The van der Waals surface area contributed by atoms with Gasteiger partial charge in [0.15, 0.2) is 11.5 Å². The molecule has 0 radical (unpaired) electrons. The normalized spacial score (nSPS) is 12.5. The van der Waals surface area contributed by atoms with Crippen LogP contribution in [0.4, 0.5) is 0 Å². The average molecular weight is 411 g/mol. The van der Waals surface area contributed by atoms with Crippen LogP contribution in [-0.2, 0) is 23.7 Å². The van der Waals surface area contributed by atoms with E-state index in [1.165, 1.54) is 22.3 Å². The number of hydrogen-bond acceptors (Lipinski definition) is 2. The van der Waals surface area contributed by atoms with Gasteiger partial charge in [-0.25, -0.2) is 0 Å². The van der Waals surface area contributed by atoms with E-state index in [-0.39, 0.29) is 10.8 Å². The zero-order valence-electron chi connectivity index (χ0n) is 20.8. The predicted molar refractivity (Wildman–Crippen MR) is 129 cm³/mol. The van der Waals surface area contributed by atoms with Crippen LogP contribution < -0.4 is 9.78 Å². The molecule has 0 aliphatic rings. The van der Waals surface area contributed by atoms with Crippen molar-refractivity contribution in [1.82, 2.24) is 0 Å². The lowest BCUT2D eigenvalue weighted by molar-refractivity contribution is -0.103. The van der Waals surface area contributed by atoms with Gasteiger partial charge in [0.25, 0.3) is 0 Å². The first-order valence-electron chi connectivity index (χ1n) is 11.4. The number of hydrogen-bond donors (Lipinski definition) is 0. The second-order valence-corrected chi connectivity index (χ2v) is 11.5. The first-order chi connectivity index (χ1) is 13.8. The molecule has 0 atom stereocenters. The minimum Gasteiger partial charge on any atom is -0.290 e. The Kier molecular flexibility index (Phi) is 7.66. The second kappa shape index (κ2) is 9.45. The van der Waals surface area contributed by atoms with Gasteiger partial charge in [0, 0.05) is 11.1 Å². The number of benzene rings is 2. The van der Waals surface area contributed by atoms with Gasteiger partial charge < -0.3 is 0 Å². The summed E-state index contributed by atoms with van der Waals surface area (Å²) in [5.74, 6) is 2.83. The van der Waals surface area contributed by atoms with Crippen LogP contribution in [0.1, 0.15) is 91.5 Å². The standard InChI is InChI=1S/C28H42O2/c1-19(2)15-21-11-13-25(23(17-21)27(5,6)7)29-30-26-14-12-22(16-20(3)4)18-24(26)28(8,9)10/h11-14,17-20H,15-16H2,1-10H3. The third-order valence-electron chi connectivity index (χ3n) is 5.21. The van der Waals surface area contributed by atoms with E-state index < -0.39 is 0 Å². The van der Waals surface area contributed by atoms with Gasteiger partial charge in [-0.1, -0.05) is 93.5 Å². The molecule has 166 valence electrons. The van der Waals surface area contributed by atoms with Crippen molar-refractivity contribution in [2.45, 2.75) is 92.9 Å². The quantitative estimate of drug-likeness (QED) is 0.339. The summed E-state index contributed by atoms with van der Waals surface area (Å²) in [6.45, 7) is 22.3. The van der Waals surface area contributed by atoms with Crippen molar-refractivity contribution >= 4 is 0 Å². The molecule has 2 aromatic carbocycles. The highest BCUT2D eigenvalue weighted by Crippen LogP contribution is 2.36. The van der Waals surface area contributed by atoms with Crippen LogP contribution in [0.2, 0.25) is 0 Å². The van der Waals surface area contributed by atoms with Crippen molar-refractivity contribution in [3.8, 4) is 11.5 Å². The molecule has 30 heavy (non-hydrogen) atoms. The van der Waals surface area contributed by atoms with E-state index in [1.807, 2.05) is 0 Å². The summed E-state index contributed by atoms with van der Waals surface area (Å²) in [7, 11) is 0. The molecule has 2 rings (SSSR count). The van der Waals surface area contributed by atoms with E-state index in [1.54, 1.807) is 0 Å². The molecular formula is C28H42O2. The Hall–Kier alpha value is -1.96. The molecule has 0 aliphatic carbocycles. The third kappa shape index (κ3) is 6.79. The van der Waals surface area contributed by atoms with E-state index in [2.05, 4.69) is 106 Å². The van der Waals surface area contributed by atoms with E-state index in [4.69, 9.17) is 9.78 Å². The first-order valence-corrected chi connectivity index (χ1v) is 11.4. The summed E-state index contributed by atoms with van der Waals surface area (Å²) >= 11 is 0. The summed E-state index contributed by atoms with van der Waals surface area (Å²) in [6, 6.07) is 13.0. The van der Waals surface area contributed by atoms with Crippen LogP contribution in [0.25, 0.3) is 0 Å². The summed E-state index contributed by atoms with van der Waals surface area (Å²) < 4.78 is 0. The van der Waals surface area contributed by atoms with Crippen molar-refractivity contribution in [3.63, 3.8) is 0 Å². The lowest BCUT2D eigenvalue weighted by Gasteiger charge is -2.25. The van der Waals surface area contributed by atoms with Gasteiger partial charge >= 0.3 is 0 Å². The Morgan fingerprint density at radius 2 is 0.933 bits per heavy atom. The summed E-state index contributed by atoms with van der Waals surface area (Å²) in [5, 5.41) is 0. The van der Waals surface area contributed by atoms with Gasteiger partial charge in [-0.05, 0) is 58.8 Å². The van der Waals surface area contributed by atoms with Gasteiger partial charge in [0.1, 0.15) is 0 Å². The molecule has 0 amide bonds. The van der Waals surface area contributed by atoms with Crippen LogP contribution >= 0.6 is 0 Å². The van der Waals surface area contributed by atoms with Crippen LogP contribution in [0.15, 0.2) is 36.4 Å². The topological polar surface area (TPSA) is 18.5 Å². The molecule has 0 unspecified atom stereocenters. The van der Waals surface area contributed by atoms with Crippen molar-refractivity contribution < 1.29 is 9.78 Å². The van der Waals surface area contributed by atoms with Gasteiger partial charge in [0.05, 0.1) is 0 Å². The number of rotatable bonds is 7. The zero-order valence-corrected chi connectivity index (χ0v) is 20.8. The van der Waals surface area contributed by atoms with Crippen molar-refractivity contribution in [1.29, 1.82) is 0 Å². The Morgan fingerprint density at radius 3 is 1.20 bits per heavy atom. The Balaban J connectivity index is 2.34. The van der Waals surface area contributed by atoms with Gasteiger partial charge in [-0.15, -0.1) is 0 Å². The minimum absolute atomic E-state index is 0.0281. The van der Waals surface area contributed by atoms with Crippen molar-refractivity contribution in [2.24, 2.45) is 11.8 Å². The summed E-state index contributed by atoms with van der Waals surface area (Å²) in [4.78, 5) is 11.9. The SMILES string of the molecule is CC(C)Cc1ccc(OOc2ccc(CC(C)C)cc2C(C)(C)C)c(C(C)(C)C)c1. The van der Waals surface area contributed by atoms with Crippen LogP contribution in [-0.4, -0.2) is 0 Å². The maximum atomic E-state index is 5.97. The fraction of sp³-hybridized carbons (Fsp3) is 0.571. The molecule has 0 aliphatic heterocycles. The maximum Gasteiger partial charge on any atom is 0.182 e. The molecule has 0 saturated heterocycles. The van der Waals surface area contributed by atoms with E-state index >= 15 is 0 Å². The van der Waals surface area contributed by atoms with Gasteiger partial charge in [-0.3, -0.25) is 9.78 Å². The molecule has 0 aromatic heterocycles.